The fraction of sp³-hybridized carbons (Fsp3) is 0.200. The minimum atomic E-state index is -0.348. The molecule has 0 radical (unpaired) electrons. The first-order valence-corrected chi connectivity index (χ1v) is 6.69. The number of benzene rings is 1. The van der Waals surface area contributed by atoms with Crippen LogP contribution in [0.15, 0.2) is 39.9 Å². The summed E-state index contributed by atoms with van der Waals surface area (Å²) in [5.41, 5.74) is 3.21. The smallest absolute Gasteiger partial charge is 0.277 e. The Morgan fingerprint density at radius 1 is 1.38 bits per heavy atom. The number of aryl methyl sites for hydroxylation is 2. The van der Waals surface area contributed by atoms with Crippen LogP contribution < -0.4 is 10.2 Å². The van der Waals surface area contributed by atoms with Gasteiger partial charge in [-0.25, -0.2) is 5.43 Å². The molecule has 21 heavy (non-hydrogen) atoms. The molecule has 1 amide bonds. The van der Waals surface area contributed by atoms with Crippen molar-refractivity contribution in [3.05, 3.63) is 52.4 Å². The zero-order valence-corrected chi connectivity index (χ0v) is 12.5. The number of hydrazone groups is 1. The van der Waals surface area contributed by atoms with Gasteiger partial charge in [-0.05, 0) is 44.2 Å². The molecule has 1 aromatic heterocycles. The van der Waals surface area contributed by atoms with Crippen molar-refractivity contribution in [2.24, 2.45) is 5.10 Å². The molecule has 1 aromatic carbocycles. The zero-order chi connectivity index (χ0) is 15.2. The summed E-state index contributed by atoms with van der Waals surface area (Å²) in [6.07, 6.45) is 1.53. The molecular weight excluding hydrogens is 292 g/mol. The van der Waals surface area contributed by atoms with E-state index in [4.69, 9.17) is 20.8 Å². The van der Waals surface area contributed by atoms with E-state index in [1.807, 2.05) is 19.9 Å². The molecule has 0 saturated heterocycles. The van der Waals surface area contributed by atoms with Gasteiger partial charge in [-0.2, -0.15) is 5.10 Å². The van der Waals surface area contributed by atoms with Crippen molar-refractivity contribution in [2.75, 3.05) is 6.61 Å². The first-order chi connectivity index (χ1) is 10.0. The summed E-state index contributed by atoms with van der Waals surface area (Å²) < 4.78 is 10.6. The van der Waals surface area contributed by atoms with Crippen molar-refractivity contribution >= 4 is 23.7 Å². The lowest BCUT2D eigenvalue weighted by Gasteiger charge is -2.04. The number of nitrogens with one attached hydrogen (secondary N) is 1. The van der Waals surface area contributed by atoms with E-state index in [2.05, 4.69) is 10.5 Å². The molecule has 2 rings (SSSR count). The minimum Gasteiger partial charge on any atom is -0.484 e. The van der Waals surface area contributed by atoms with Crippen molar-refractivity contribution in [1.29, 1.82) is 0 Å². The third-order valence-corrected chi connectivity index (χ3v) is 2.91. The second-order valence-corrected chi connectivity index (χ2v) is 4.84. The molecule has 5 nitrogen and oxygen atoms in total. The average molecular weight is 307 g/mol. The molecule has 0 atom stereocenters. The van der Waals surface area contributed by atoms with E-state index < -0.39 is 0 Å². The highest BCUT2D eigenvalue weighted by atomic mass is 35.5. The van der Waals surface area contributed by atoms with Gasteiger partial charge in [-0.15, -0.1) is 0 Å². The molecule has 0 fully saturated rings. The number of ether oxygens (including phenoxy) is 1. The molecule has 110 valence electrons. The monoisotopic (exact) mass is 306 g/mol. The molecule has 2 aromatic rings. The number of hydrogen-bond donors (Lipinski definition) is 1. The molecule has 0 saturated carbocycles. The topological polar surface area (TPSA) is 63.8 Å². The molecule has 0 bridgehead atoms. The van der Waals surface area contributed by atoms with Crippen molar-refractivity contribution < 1.29 is 13.9 Å². The Morgan fingerprint density at radius 2 is 2.10 bits per heavy atom. The van der Waals surface area contributed by atoms with Crippen LogP contribution in [0, 0.1) is 13.8 Å². The number of halogens is 1. The van der Waals surface area contributed by atoms with Crippen LogP contribution in [0.1, 0.15) is 17.1 Å². The van der Waals surface area contributed by atoms with Crippen LogP contribution in [-0.4, -0.2) is 18.7 Å². The Labute approximate surface area is 127 Å². The fourth-order valence-corrected chi connectivity index (χ4v) is 1.79. The van der Waals surface area contributed by atoms with Crippen molar-refractivity contribution in [3.8, 4) is 5.75 Å². The Balaban J connectivity index is 1.79. The van der Waals surface area contributed by atoms with Gasteiger partial charge in [0.1, 0.15) is 17.3 Å². The standard InChI is InChI=1S/C15H15ClN2O3/c1-10-7-12(11(2)21-10)8-17-18-15(19)9-20-14-5-3-13(16)4-6-14/h3-8H,9H2,1-2H3,(H,18,19)/b17-8+. The van der Waals surface area contributed by atoms with E-state index in [0.29, 0.717) is 10.8 Å². The largest absolute Gasteiger partial charge is 0.484 e. The number of hydrogen-bond acceptors (Lipinski definition) is 4. The normalized spacial score (nSPS) is 10.8. The Kier molecular flexibility index (Phi) is 5.00. The van der Waals surface area contributed by atoms with Gasteiger partial charge in [-0.3, -0.25) is 4.79 Å². The van der Waals surface area contributed by atoms with Gasteiger partial charge in [0.25, 0.3) is 5.91 Å². The van der Waals surface area contributed by atoms with Gasteiger partial charge in [0.2, 0.25) is 0 Å². The molecule has 0 unspecified atom stereocenters. The van der Waals surface area contributed by atoms with Crippen LogP contribution in [-0.2, 0) is 4.79 Å². The number of rotatable bonds is 5. The molecule has 6 heteroatoms. The predicted octanol–water partition coefficient (Wildman–Crippen LogP) is 3.08. The summed E-state index contributed by atoms with van der Waals surface area (Å²) in [6, 6.07) is 8.61. The second kappa shape index (κ2) is 6.95. The van der Waals surface area contributed by atoms with Crippen LogP contribution in [0.2, 0.25) is 5.02 Å². The maximum Gasteiger partial charge on any atom is 0.277 e. The van der Waals surface area contributed by atoms with Gasteiger partial charge >= 0.3 is 0 Å². The highest BCUT2D eigenvalue weighted by Crippen LogP contribution is 2.15. The van der Waals surface area contributed by atoms with Gasteiger partial charge in [0, 0.05) is 10.6 Å². The SMILES string of the molecule is Cc1cc(/C=N/NC(=O)COc2ccc(Cl)cc2)c(C)o1. The summed E-state index contributed by atoms with van der Waals surface area (Å²) in [5.74, 6) is 1.77. The number of amides is 1. The quantitative estimate of drug-likeness (QED) is 0.682. The first-order valence-electron chi connectivity index (χ1n) is 6.32. The lowest BCUT2D eigenvalue weighted by molar-refractivity contribution is -0.123. The van der Waals surface area contributed by atoms with E-state index in [1.54, 1.807) is 24.3 Å². The average Bonchev–Trinajstić information content (AvgIpc) is 2.76. The first kappa shape index (κ1) is 15.1. The molecule has 0 aliphatic carbocycles. The molecular formula is C15H15ClN2O3. The second-order valence-electron chi connectivity index (χ2n) is 4.40. The Bertz CT molecular complexity index is 647. The molecule has 1 heterocycles. The lowest BCUT2D eigenvalue weighted by Crippen LogP contribution is -2.24. The number of nitrogens with zero attached hydrogens (tertiary/aromatic N) is 1. The summed E-state index contributed by atoms with van der Waals surface area (Å²) >= 11 is 5.75. The maximum atomic E-state index is 11.6. The third-order valence-electron chi connectivity index (χ3n) is 2.66. The summed E-state index contributed by atoms with van der Waals surface area (Å²) in [6.45, 7) is 3.56. The summed E-state index contributed by atoms with van der Waals surface area (Å²) in [7, 11) is 0. The van der Waals surface area contributed by atoms with E-state index in [0.717, 1.165) is 17.1 Å². The molecule has 0 aliphatic heterocycles. The van der Waals surface area contributed by atoms with Crippen molar-refractivity contribution in [2.45, 2.75) is 13.8 Å². The predicted molar refractivity (Wildman–Crippen MR) is 80.9 cm³/mol. The summed E-state index contributed by atoms with van der Waals surface area (Å²) in [5, 5.41) is 4.47. The summed E-state index contributed by atoms with van der Waals surface area (Å²) in [4.78, 5) is 11.6. The maximum absolute atomic E-state index is 11.6. The van der Waals surface area contributed by atoms with Gasteiger partial charge in [0.15, 0.2) is 6.61 Å². The fourth-order valence-electron chi connectivity index (χ4n) is 1.66. The van der Waals surface area contributed by atoms with Crippen LogP contribution in [0.25, 0.3) is 0 Å². The van der Waals surface area contributed by atoms with E-state index in [9.17, 15) is 4.79 Å². The van der Waals surface area contributed by atoms with E-state index in [1.165, 1.54) is 6.21 Å². The van der Waals surface area contributed by atoms with Crippen LogP contribution >= 0.6 is 11.6 Å². The van der Waals surface area contributed by atoms with Gasteiger partial charge in [0.05, 0.1) is 6.21 Å². The van der Waals surface area contributed by atoms with E-state index in [-0.39, 0.29) is 12.5 Å². The number of carbonyl (C=O) groups is 1. The van der Waals surface area contributed by atoms with Crippen LogP contribution in [0.4, 0.5) is 0 Å². The molecule has 0 spiro atoms. The Hall–Kier alpha value is -2.27. The zero-order valence-electron chi connectivity index (χ0n) is 11.7. The van der Waals surface area contributed by atoms with Gasteiger partial charge < -0.3 is 9.15 Å². The van der Waals surface area contributed by atoms with E-state index >= 15 is 0 Å². The number of furan rings is 1. The highest BCUT2D eigenvalue weighted by molar-refractivity contribution is 6.30. The van der Waals surface area contributed by atoms with Crippen LogP contribution in [0.3, 0.4) is 0 Å². The molecule has 1 N–H and O–H groups in total. The van der Waals surface area contributed by atoms with Crippen molar-refractivity contribution in [1.82, 2.24) is 5.43 Å². The third kappa shape index (κ3) is 4.65. The van der Waals surface area contributed by atoms with Gasteiger partial charge in [-0.1, -0.05) is 11.6 Å². The van der Waals surface area contributed by atoms with Crippen molar-refractivity contribution in [3.63, 3.8) is 0 Å². The Morgan fingerprint density at radius 3 is 2.71 bits per heavy atom. The highest BCUT2D eigenvalue weighted by Gasteiger charge is 2.03. The van der Waals surface area contributed by atoms with Crippen LogP contribution in [0.5, 0.6) is 5.75 Å². The number of carbonyl (C=O) groups excluding carboxylic acids is 1. The minimum absolute atomic E-state index is 0.123. The molecule has 0 aliphatic rings. The lowest BCUT2D eigenvalue weighted by atomic mass is 10.3.